The van der Waals surface area contributed by atoms with Gasteiger partial charge in [0.15, 0.2) is 0 Å². The molecule has 23 heavy (non-hydrogen) atoms. The topological polar surface area (TPSA) is 59.0 Å². The van der Waals surface area contributed by atoms with E-state index >= 15 is 0 Å². The molecule has 1 aliphatic rings. The molecular weight excluding hydrogens is 312 g/mol. The number of carbonyl (C=O) groups is 1. The number of rotatable bonds is 4. The highest BCUT2D eigenvalue weighted by Gasteiger charge is 2.26. The Morgan fingerprint density at radius 3 is 2.87 bits per heavy atom. The standard InChI is InChI=1S/C17H22N4O.ClH/c1-18-16(13-10-19-21(2)11-13)17(22)20-15-9-5-7-12-6-3-4-8-14(12)15;/h3-4,6,8,10-11,15-16,18H,5,7,9H2,1-2H3,(H,20,22);1H. The highest BCUT2D eigenvalue weighted by molar-refractivity contribution is 5.85. The first-order chi connectivity index (χ1) is 10.7. The van der Waals surface area contributed by atoms with E-state index in [1.807, 2.05) is 19.3 Å². The molecule has 1 aromatic heterocycles. The van der Waals surface area contributed by atoms with Crippen molar-refractivity contribution >= 4 is 18.3 Å². The molecule has 1 amide bonds. The SMILES string of the molecule is CNC(C(=O)NC1CCCc2ccccc21)c1cnn(C)c1.Cl. The van der Waals surface area contributed by atoms with Crippen molar-refractivity contribution in [3.05, 3.63) is 53.3 Å². The van der Waals surface area contributed by atoms with Gasteiger partial charge in [0.1, 0.15) is 6.04 Å². The first-order valence-electron chi connectivity index (χ1n) is 7.73. The van der Waals surface area contributed by atoms with Crippen molar-refractivity contribution in [3.63, 3.8) is 0 Å². The average molecular weight is 335 g/mol. The van der Waals surface area contributed by atoms with Gasteiger partial charge in [-0.3, -0.25) is 9.48 Å². The molecule has 2 aromatic rings. The maximum atomic E-state index is 12.7. The number of aryl methyl sites for hydroxylation is 2. The number of hydrogen-bond donors (Lipinski definition) is 2. The molecule has 1 aliphatic carbocycles. The maximum Gasteiger partial charge on any atom is 0.242 e. The summed E-state index contributed by atoms with van der Waals surface area (Å²) in [6.07, 6.45) is 6.80. The van der Waals surface area contributed by atoms with Crippen LogP contribution in [0.15, 0.2) is 36.7 Å². The van der Waals surface area contributed by atoms with Gasteiger partial charge in [-0.15, -0.1) is 12.4 Å². The predicted octanol–water partition coefficient (Wildman–Crippen LogP) is 2.30. The number of hydrogen-bond acceptors (Lipinski definition) is 3. The molecule has 124 valence electrons. The summed E-state index contributed by atoms with van der Waals surface area (Å²) in [7, 11) is 3.65. The lowest BCUT2D eigenvalue weighted by molar-refractivity contribution is -0.124. The summed E-state index contributed by atoms with van der Waals surface area (Å²) in [6.45, 7) is 0. The van der Waals surface area contributed by atoms with Gasteiger partial charge < -0.3 is 10.6 Å². The molecule has 6 heteroatoms. The number of likely N-dealkylation sites (N-methyl/N-ethyl adjacent to an activating group) is 1. The van der Waals surface area contributed by atoms with E-state index < -0.39 is 0 Å². The molecule has 2 unspecified atom stereocenters. The third-order valence-electron chi connectivity index (χ3n) is 4.29. The summed E-state index contributed by atoms with van der Waals surface area (Å²) in [5.74, 6) is -0.00259. The minimum absolute atomic E-state index is 0. The van der Waals surface area contributed by atoms with Crippen LogP contribution in [0.1, 0.15) is 41.6 Å². The van der Waals surface area contributed by atoms with Gasteiger partial charge in [-0.1, -0.05) is 24.3 Å². The van der Waals surface area contributed by atoms with E-state index in [9.17, 15) is 4.79 Å². The largest absolute Gasteiger partial charge is 0.348 e. The summed E-state index contributed by atoms with van der Waals surface area (Å²) in [5, 5.41) is 10.4. The normalized spacial score (nSPS) is 17.7. The van der Waals surface area contributed by atoms with E-state index in [-0.39, 0.29) is 30.4 Å². The number of benzene rings is 1. The molecule has 0 aliphatic heterocycles. The average Bonchev–Trinajstić information content (AvgIpc) is 2.94. The lowest BCUT2D eigenvalue weighted by atomic mass is 9.87. The van der Waals surface area contributed by atoms with Crippen LogP contribution >= 0.6 is 12.4 Å². The fourth-order valence-electron chi connectivity index (χ4n) is 3.20. The molecular formula is C17H23ClN4O. The van der Waals surface area contributed by atoms with E-state index in [1.54, 1.807) is 17.9 Å². The van der Waals surface area contributed by atoms with Crippen LogP contribution in [0.25, 0.3) is 0 Å². The van der Waals surface area contributed by atoms with Crippen molar-refractivity contribution in [1.29, 1.82) is 0 Å². The van der Waals surface area contributed by atoms with Crippen LogP contribution in [-0.2, 0) is 18.3 Å². The second-order valence-corrected chi connectivity index (χ2v) is 5.82. The Morgan fingerprint density at radius 1 is 1.39 bits per heavy atom. The van der Waals surface area contributed by atoms with Crippen LogP contribution in [0.5, 0.6) is 0 Å². The van der Waals surface area contributed by atoms with Gasteiger partial charge in [0.05, 0.1) is 12.2 Å². The van der Waals surface area contributed by atoms with Gasteiger partial charge >= 0.3 is 0 Å². The van der Waals surface area contributed by atoms with Crippen molar-refractivity contribution in [2.45, 2.75) is 31.3 Å². The first kappa shape index (κ1) is 17.5. The molecule has 3 rings (SSSR count). The molecule has 5 nitrogen and oxygen atoms in total. The number of nitrogens with one attached hydrogen (secondary N) is 2. The van der Waals surface area contributed by atoms with Crippen molar-refractivity contribution in [2.24, 2.45) is 7.05 Å². The van der Waals surface area contributed by atoms with Crippen LogP contribution in [0, 0.1) is 0 Å². The Morgan fingerprint density at radius 2 is 2.17 bits per heavy atom. The van der Waals surface area contributed by atoms with Crippen LogP contribution in [-0.4, -0.2) is 22.7 Å². The maximum absolute atomic E-state index is 12.7. The molecule has 1 aromatic carbocycles. The van der Waals surface area contributed by atoms with Crippen LogP contribution < -0.4 is 10.6 Å². The lowest BCUT2D eigenvalue weighted by Crippen LogP contribution is -2.39. The van der Waals surface area contributed by atoms with Gasteiger partial charge in [0.25, 0.3) is 0 Å². The van der Waals surface area contributed by atoms with E-state index in [0.717, 1.165) is 24.8 Å². The number of aromatic nitrogens is 2. The Bertz CT molecular complexity index is 670. The summed E-state index contributed by atoms with van der Waals surface area (Å²) < 4.78 is 1.71. The molecule has 0 spiro atoms. The zero-order chi connectivity index (χ0) is 15.5. The van der Waals surface area contributed by atoms with Crippen LogP contribution in [0.2, 0.25) is 0 Å². The quantitative estimate of drug-likeness (QED) is 0.902. The van der Waals surface area contributed by atoms with Crippen molar-refractivity contribution in [3.8, 4) is 0 Å². The van der Waals surface area contributed by atoms with E-state index in [0.29, 0.717) is 0 Å². The van der Waals surface area contributed by atoms with Gasteiger partial charge in [0.2, 0.25) is 5.91 Å². The van der Waals surface area contributed by atoms with Crippen LogP contribution in [0.3, 0.4) is 0 Å². The summed E-state index contributed by atoms with van der Waals surface area (Å²) >= 11 is 0. The highest BCUT2D eigenvalue weighted by atomic mass is 35.5. The monoisotopic (exact) mass is 334 g/mol. The zero-order valence-electron chi connectivity index (χ0n) is 13.5. The van der Waals surface area contributed by atoms with Gasteiger partial charge in [-0.25, -0.2) is 0 Å². The third kappa shape index (κ3) is 3.74. The van der Waals surface area contributed by atoms with Gasteiger partial charge in [0, 0.05) is 18.8 Å². The number of halogens is 1. The smallest absolute Gasteiger partial charge is 0.242 e. The van der Waals surface area contributed by atoms with E-state index in [1.165, 1.54) is 11.1 Å². The van der Waals surface area contributed by atoms with Gasteiger partial charge in [-0.05, 0) is 37.4 Å². The summed E-state index contributed by atoms with van der Waals surface area (Å²) in [6, 6.07) is 8.12. The van der Waals surface area contributed by atoms with Crippen molar-refractivity contribution < 1.29 is 4.79 Å². The Balaban J connectivity index is 0.00000192. The fraction of sp³-hybridized carbons (Fsp3) is 0.412. The zero-order valence-corrected chi connectivity index (χ0v) is 14.3. The lowest BCUT2D eigenvalue weighted by Gasteiger charge is -2.28. The van der Waals surface area contributed by atoms with Gasteiger partial charge in [-0.2, -0.15) is 5.10 Å². The Kier molecular flexibility index (Phi) is 5.80. The Labute approximate surface area is 142 Å². The minimum atomic E-state index is -0.372. The van der Waals surface area contributed by atoms with Crippen LogP contribution in [0.4, 0.5) is 0 Å². The first-order valence-corrected chi connectivity index (χ1v) is 7.73. The Hall–Kier alpha value is -1.85. The summed E-state index contributed by atoms with van der Waals surface area (Å²) in [5.41, 5.74) is 3.48. The molecule has 0 fully saturated rings. The minimum Gasteiger partial charge on any atom is -0.348 e. The molecule has 2 atom stereocenters. The van der Waals surface area contributed by atoms with Crippen molar-refractivity contribution in [1.82, 2.24) is 20.4 Å². The second-order valence-electron chi connectivity index (χ2n) is 5.82. The molecule has 0 saturated heterocycles. The fourth-order valence-corrected chi connectivity index (χ4v) is 3.20. The molecule has 0 radical (unpaired) electrons. The predicted molar refractivity (Wildman–Crippen MR) is 92.5 cm³/mol. The molecule has 1 heterocycles. The highest BCUT2D eigenvalue weighted by Crippen LogP contribution is 2.30. The second kappa shape index (κ2) is 7.62. The molecule has 2 N–H and O–H groups in total. The third-order valence-corrected chi connectivity index (χ3v) is 4.29. The molecule has 0 bridgehead atoms. The number of fused-ring (bicyclic) bond motifs is 1. The number of carbonyl (C=O) groups excluding carboxylic acids is 1. The number of amides is 1. The van der Waals surface area contributed by atoms with E-state index in [4.69, 9.17) is 0 Å². The number of nitrogens with zero attached hydrogens (tertiary/aromatic N) is 2. The van der Waals surface area contributed by atoms with Crippen molar-refractivity contribution in [2.75, 3.05) is 7.05 Å². The molecule has 0 saturated carbocycles. The summed E-state index contributed by atoms with van der Waals surface area (Å²) in [4.78, 5) is 12.7. The van der Waals surface area contributed by atoms with E-state index in [2.05, 4.69) is 33.9 Å².